The summed E-state index contributed by atoms with van der Waals surface area (Å²) in [5.74, 6) is 0. The highest BCUT2D eigenvalue weighted by Gasteiger charge is 2.01. The summed E-state index contributed by atoms with van der Waals surface area (Å²) in [7, 11) is 0. The Labute approximate surface area is 79.2 Å². The molecule has 0 amide bonds. The molecule has 2 rings (SSSR count). The first-order chi connectivity index (χ1) is 5.77. The van der Waals surface area contributed by atoms with Gasteiger partial charge in [-0.1, -0.05) is 23.2 Å². The summed E-state index contributed by atoms with van der Waals surface area (Å²) in [6.45, 7) is 0. The van der Waals surface area contributed by atoms with Gasteiger partial charge in [-0.15, -0.1) is 0 Å². The van der Waals surface area contributed by atoms with Crippen LogP contribution in [0.3, 0.4) is 0 Å². The second-order valence-electron chi connectivity index (χ2n) is 2.25. The number of halogens is 2. The minimum atomic E-state index is 0.484. The van der Waals surface area contributed by atoms with Crippen LogP contribution < -0.4 is 0 Å². The van der Waals surface area contributed by atoms with Gasteiger partial charge in [0, 0.05) is 0 Å². The van der Waals surface area contributed by atoms with Gasteiger partial charge in [-0.2, -0.15) is 0 Å². The highest BCUT2D eigenvalue weighted by molar-refractivity contribution is 6.42. The predicted octanol–water partition coefficient (Wildman–Crippen LogP) is 2.74. The van der Waals surface area contributed by atoms with E-state index in [1.807, 2.05) is 0 Å². The molecular weight excluding hydrogens is 195 g/mol. The monoisotopic (exact) mass is 197 g/mol. The van der Waals surface area contributed by atoms with E-state index in [0.29, 0.717) is 15.6 Å². The average molecular weight is 198 g/mol. The summed E-state index contributed by atoms with van der Waals surface area (Å²) in [5, 5.41) is 0.975. The number of nitrogens with zero attached hydrogens (tertiary/aromatic N) is 2. The maximum absolute atomic E-state index is 5.78. The van der Waals surface area contributed by atoms with Crippen molar-refractivity contribution in [1.29, 1.82) is 0 Å². The maximum atomic E-state index is 5.78. The van der Waals surface area contributed by atoms with Crippen LogP contribution in [0.25, 0.3) is 11.0 Å². The molecule has 1 aromatic heterocycles. The maximum Gasteiger partial charge on any atom is 0.109 e. The molecule has 0 N–H and O–H groups in total. The third-order valence-corrected chi connectivity index (χ3v) is 2.19. The van der Waals surface area contributed by atoms with Gasteiger partial charge in [0.2, 0.25) is 0 Å². The van der Waals surface area contributed by atoms with E-state index in [2.05, 4.69) is 16.2 Å². The highest BCUT2D eigenvalue weighted by atomic mass is 35.5. The first kappa shape index (κ1) is 7.77. The standard InChI is InChI=1S/C8H3Cl2N2/c9-5-3-7-8(4-6(5)10)12-2-1-11-7/h1,3-4H. The number of benzene rings is 1. The normalized spacial score (nSPS) is 10.5. The Morgan fingerprint density at radius 2 is 1.75 bits per heavy atom. The number of hydrogen-bond acceptors (Lipinski definition) is 2. The largest absolute Gasteiger partial charge is 0.252 e. The fraction of sp³-hybridized carbons (Fsp3) is 0. The molecule has 59 valence electrons. The van der Waals surface area contributed by atoms with Crippen LogP contribution in [-0.4, -0.2) is 9.97 Å². The molecule has 0 saturated heterocycles. The van der Waals surface area contributed by atoms with E-state index in [4.69, 9.17) is 23.2 Å². The van der Waals surface area contributed by atoms with Crippen molar-refractivity contribution in [1.82, 2.24) is 9.97 Å². The number of hydrogen-bond donors (Lipinski definition) is 0. The van der Waals surface area contributed by atoms with E-state index >= 15 is 0 Å². The molecule has 0 atom stereocenters. The van der Waals surface area contributed by atoms with E-state index < -0.39 is 0 Å². The van der Waals surface area contributed by atoms with Crippen molar-refractivity contribution < 1.29 is 0 Å². The second kappa shape index (κ2) is 2.88. The van der Waals surface area contributed by atoms with E-state index in [-0.39, 0.29) is 0 Å². The fourth-order valence-corrected chi connectivity index (χ4v) is 1.23. The van der Waals surface area contributed by atoms with Crippen molar-refractivity contribution in [2.24, 2.45) is 0 Å². The van der Waals surface area contributed by atoms with Crippen molar-refractivity contribution in [3.8, 4) is 0 Å². The molecule has 0 bridgehead atoms. The lowest BCUT2D eigenvalue weighted by Crippen LogP contribution is -1.82. The zero-order chi connectivity index (χ0) is 8.55. The zero-order valence-electron chi connectivity index (χ0n) is 5.88. The average Bonchev–Trinajstić information content (AvgIpc) is 2.07. The van der Waals surface area contributed by atoms with Crippen LogP contribution in [0.5, 0.6) is 0 Å². The van der Waals surface area contributed by atoms with Crippen molar-refractivity contribution >= 4 is 34.2 Å². The van der Waals surface area contributed by atoms with Gasteiger partial charge in [-0.3, -0.25) is 4.98 Å². The molecule has 1 aromatic carbocycles. The van der Waals surface area contributed by atoms with E-state index in [0.717, 1.165) is 5.52 Å². The second-order valence-corrected chi connectivity index (χ2v) is 3.07. The third kappa shape index (κ3) is 1.24. The predicted molar refractivity (Wildman–Crippen MR) is 48.4 cm³/mol. The Kier molecular flexibility index (Phi) is 1.87. The molecule has 0 aliphatic heterocycles. The van der Waals surface area contributed by atoms with Crippen molar-refractivity contribution in [3.05, 3.63) is 34.6 Å². The summed E-state index contributed by atoms with van der Waals surface area (Å²) in [5.41, 5.74) is 1.43. The Bertz CT molecular complexity index is 388. The number of aromatic nitrogens is 2. The van der Waals surface area contributed by atoms with Gasteiger partial charge in [0.25, 0.3) is 0 Å². The Morgan fingerprint density at radius 1 is 1.08 bits per heavy atom. The lowest BCUT2D eigenvalue weighted by Gasteiger charge is -1.97. The van der Waals surface area contributed by atoms with Gasteiger partial charge in [0.05, 0.1) is 27.3 Å². The van der Waals surface area contributed by atoms with Crippen LogP contribution in [-0.2, 0) is 0 Å². The van der Waals surface area contributed by atoms with Crippen LogP contribution >= 0.6 is 23.2 Å². The molecule has 2 nitrogen and oxygen atoms in total. The molecule has 0 fully saturated rings. The number of fused-ring (bicyclic) bond motifs is 1. The molecule has 12 heavy (non-hydrogen) atoms. The molecule has 1 radical (unpaired) electrons. The smallest absolute Gasteiger partial charge is 0.109 e. The number of rotatable bonds is 0. The molecule has 0 aliphatic rings. The molecule has 0 saturated carbocycles. The Hall–Kier alpha value is -0.860. The topological polar surface area (TPSA) is 25.8 Å². The molecule has 1 heterocycles. The zero-order valence-corrected chi connectivity index (χ0v) is 7.39. The van der Waals surface area contributed by atoms with Crippen LogP contribution in [0, 0.1) is 6.20 Å². The Balaban J connectivity index is 2.84. The molecular formula is C8H3Cl2N2. The molecule has 2 aromatic rings. The van der Waals surface area contributed by atoms with Gasteiger partial charge in [0.1, 0.15) is 6.20 Å². The summed E-state index contributed by atoms with van der Waals surface area (Å²) < 4.78 is 0. The van der Waals surface area contributed by atoms with E-state index in [9.17, 15) is 0 Å². The fourth-order valence-electron chi connectivity index (χ4n) is 0.916. The van der Waals surface area contributed by atoms with E-state index in [1.165, 1.54) is 6.20 Å². The summed E-state index contributed by atoms with van der Waals surface area (Å²) in [6.07, 6.45) is 4.11. The van der Waals surface area contributed by atoms with Crippen LogP contribution in [0.15, 0.2) is 18.3 Å². The summed E-state index contributed by atoms with van der Waals surface area (Å²) in [4.78, 5) is 7.97. The van der Waals surface area contributed by atoms with Crippen molar-refractivity contribution in [2.75, 3.05) is 0 Å². The van der Waals surface area contributed by atoms with Crippen LogP contribution in [0.1, 0.15) is 0 Å². The van der Waals surface area contributed by atoms with E-state index in [1.54, 1.807) is 12.1 Å². The Morgan fingerprint density at radius 3 is 2.50 bits per heavy atom. The minimum Gasteiger partial charge on any atom is -0.252 e. The quantitative estimate of drug-likeness (QED) is 0.650. The summed E-state index contributed by atoms with van der Waals surface area (Å²) >= 11 is 11.6. The lowest BCUT2D eigenvalue weighted by molar-refractivity contribution is 1.28. The van der Waals surface area contributed by atoms with Gasteiger partial charge < -0.3 is 0 Å². The first-order valence-electron chi connectivity index (χ1n) is 3.25. The minimum absolute atomic E-state index is 0.484. The van der Waals surface area contributed by atoms with Gasteiger partial charge in [0.15, 0.2) is 0 Å². The van der Waals surface area contributed by atoms with Crippen molar-refractivity contribution in [3.63, 3.8) is 0 Å². The SMILES string of the molecule is Clc1cc2n[c]cnc2cc1Cl. The third-order valence-electron chi connectivity index (χ3n) is 1.46. The van der Waals surface area contributed by atoms with Gasteiger partial charge in [-0.05, 0) is 12.1 Å². The first-order valence-corrected chi connectivity index (χ1v) is 4.01. The van der Waals surface area contributed by atoms with Gasteiger partial charge in [-0.25, -0.2) is 4.98 Å². The van der Waals surface area contributed by atoms with Crippen molar-refractivity contribution in [2.45, 2.75) is 0 Å². The summed E-state index contributed by atoms with van der Waals surface area (Å²) in [6, 6.07) is 3.35. The van der Waals surface area contributed by atoms with Crippen LogP contribution in [0.4, 0.5) is 0 Å². The van der Waals surface area contributed by atoms with Gasteiger partial charge >= 0.3 is 0 Å². The lowest BCUT2D eigenvalue weighted by atomic mass is 10.3. The molecule has 0 spiro atoms. The van der Waals surface area contributed by atoms with Crippen LogP contribution in [0.2, 0.25) is 10.0 Å². The highest BCUT2D eigenvalue weighted by Crippen LogP contribution is 2.25. The molecule has 0 unspecified atom stereocenters. The molecule has 0 aliphatic carbocycles. The molecule has 4 heteroatoms.